The Balaban J connectivity index is 1.47. The SMILES string of the molecule is O=C(Nc1ccc(Nc2cc(-n3ccnc3)ncn2)cc1)c1cc([N+](=O)[O-])cc([N+](=O)[O-])c1. The van der Waals surface area contributed by atoms with E-state index in [1.807, 2.05) is 0 Å². The second-order valence-corrected chi connectivity index (χ2v) is 6.64. The Hall–Kier alpha value is -5.20. The number of carbonyl (C=O) groups is 1. The Morgan fingerprint density at radius 1 is 0.909 bits per heavy atom. The van der Waals surface area contributed by atoms with Crippen molar-refractivity contribution in [3.63, 3.8) is 0 Å². The van der Waals surface area contributed by atoms with Crippen LogP contribution in [0.15, 0.2) is 73.6 Å². The lowest BCUT2D eigenvalue weighted by atomic mass is 10.1. The number of aromatic nitrogens is 4. The number of rotatable bonds is 7. The molecule has 0 aliphatic carbocycles. The van der Waals surface area contributed by atoms with Crippen molar-refractivity contribution in [1.82, 2.24) is 19.5 Å². The molecule has 13 nitrogen and oxygen atoms in total. The average Bonchev–Trinajstić information content (AvgIpc) is 3.35. The molecule has 0 spiro atoms. The molecule has 2 heterocycles. The Morgan fingerprint density at radius 3 is 2.18 bits per heavy atom. The van der Waals surface area contributed by atoms with Crippen molar-refractivity contribution in [3.05, 3.63) is 99.4 Å². The van der Waals surface area contributed by atoms with Gasteiger partial charge in [0.15, 0.2) is 0 Å². The van der Waals surface area contributed by atoms with Gasteiger partial charge in [-0.1, -0.05) is 0 Å². The highest BCUT2D eigenvalue weighted by atomic mass is 16.6. The minimum Gasteiger partial charge on any atom is -0.340 e. The van der Waals surface area contributed by atoms with Crippen molar-refractivity contribution < 1.29 is 14.6 Å². The fourth-order valence-electron chi connectivity index (χ4n) is 2.88. The number of carbonyl (C=O) groups excluding carboxylic acids is 1. The summed E-state index contributed by atoms with van der Waals surface area (Å²) in [5.41, 5.74) is -0.232. The van der Waals surface area contributed by atoms with Gasteiger partial charge >= 0.3 is 0 Å². The van der Waals surface area contributed by atoms with Crippen LogP contribution in [0.25, 0.3) is 5.82 Å². The van der Waals surface area contributed by atoms with E-state index in [0.717, 1.165) is 18.2 Å². The molecule has 0 saturated heterocycles. The summed E-state index contributed by atoms with van der Waals surface area (Å²) in [6, 6.07) is 11.1. The summed E-state index contributed by atoms with van der Waals surface area (Å²) in [6.45, 7) is 0. The lowest BCUT2D eigenvalue weighted by Gasteiger charge is -2.09. The smallest absolute Gasteiger partial charge is 0.277 e. The van der Waals surface area contributed by atoms with E-state index in [1.165, 1.54) is 6.33 Å². The third-order valence-electron chi connectivity index (χ3n) is 4.42. The molecule has 0 atom stereocenters. The minimum atomic E-state index is -0.796. The summed E-state index contributed by atoms with van der Waals surface area (Å²) in [5, 5.41) is 27.7. The van der Waals surface area contributed by atoms with Gasteiger partial charge in [-0.05, 0) is 24.3 Å². The molecular formula is C20H14N8O5. The number of nitro benzene ring substituents is 2. The number of anilines is 3. The van der Waals surface area contributed by atoms with E-state index in [1.54, 1.807) is 53.6 Å². The third kappa shape index (κ3) is 4.93. The second-order valence-electron chi connectivity index (χ2n) is 6.64. The van der Waals surface area contributed by atoms with E-state index in [9.17, 15) is 25.0 Å². The second kappa shape index (κ2) is 8.89. The zero-order chi connectivity index (χ0) is 23.4. The van der Waals surface area contributed by atoms with Crippen LogP contribution < -0.4 is 10.6 Å². The normalized spacial score (nSPS) is 10.4. The van der Waals surface area contributed by atoms with E-state index >= 15 is 0 Å². The number of imidazole rings is 1. The Labute approximate surface area is 185 Å². The predicted octanol–water partition coefficient (Wildman–Crippen LogP) is 3.47. The number of hydrogen-bond acceptors (Lipinski definition) is 9. The molecule has 4 rings (SSSR count). The molecule has 1 amide bonds. The Morgan fingerprint density at radius 2 is 1.58 bits per heavy atom. The van der Waals surface area contributed by atoms with Crippen LogP contribution in [0, 0.1) is 20.2 Å². The molecule has 4 aromatic rings. The number of benzene rings is 2. The van der Waals surface area contributed by atoms with Gasteiger partial charge in [0.2, 0.25) is 0 Å². The summed E-state index contributed by atoms with van der Waals surface area (Å²) in [6.07, 6.45) is 6.40. The van der Waals surface area contributed by atoms with Crippen molar-refractivity contribution >= 4 is 34.5 Å². The number of nitrogens with zero attached hydrogens (tertiary/aromatic N) is 6. The highest BCUT2D eigenvalue weighted by Gasteiger charge is 2.20. The molecule has 2 N–H and O–H groups in total. The van der Waals surface area contributed by atoms with Crippen molar-refractivity contribution in [1.29, 1.82) is 0 Å². The van der Waals surface area contributed by atoms with Crippen LogP contribution in [0.3, 0.4) is 0 Å². The fourth-order valence-corrected chi connectivity index (χ4v) is 2.88. The van der Waals surface area contributed by atoms with Gasteiger partial charge in [-0.25, -0.2) is 15.0 Å². The van der Waals surface area contributed by atoms with Crippen LogP contribution in [-0.4, -0.2) is 35.3 Å². The average molecular weight is 446 g/mol. The lowest BCUT2D eigenvalue weighted by Crippen LogP contribution is -2.12. The fraction of sp³-hybridized carbons (Fsp3) is 0. The number of nitro groups is 2. The van der Waals surface area contributed by atoms with E-state index < -0.39 is 27.1 Å². The van der Waals surface area contributed by atoms with Gasteiger partial charge in [0, 0.05) is 42.0 Å². The van der Waals surface area contributed by atoms with Gasteiger partial charge in [0.25, 0.3) is 17.3 Å². The molecule has 164 valence electrons. The summed E-state index contributed by atoms with van der Waals surface area (Å²) < 4.78 is 1.73. The molecule has 0 aliphatic rings. The van der Waals surface area contributed by atoms with Crippen molar-refractivity contribution in [2.75, 3.05) is 10.6 Å². The minimum absolute atomic E-state index is 0.203. The first-order valence-electron chi connectivity index (χ1n) is 9.32. The van der Waals surface area contributed by atoms with Gasteiger partial charge in [0.05, 0.1) is 21.5 Å². The first-order chi connectivity index (χ1) is 15.9. The molecule has 33 heavy (non-hydrogen) atoms. The zero-order valence-corrected chi connectivity index (χ0v) is 16.7. The zero-order valence-electron chi connectivity index (χ0n) is 16.7. The van der Waals surface area contributed by atoms with Crippen LogP contribution in [0.5, 0.6) is 0 Å². The van der Waals surface area contributed by atoms with Gasteiger partial charge < -0.3 is 10.6 Å². The van der Waals surface area contributed by atoms with Gasteiger partial charge in [-0.2, -0.15) is 0 Å². The topological polar surface area (TPSA) is 171 Å². The van der Waals surface area contributed by atoms with Crippen molar-refractivity contribution in [2.24, 2.45) is 0 Å². The summed E-state index contributed by atoms with van der Waals surface area (Å²) in [5.74, 6) is 0.442. The monoisotopic (exact) mass is 446 g/mol. The van der Waals surface area contributed by atoms with E-state index in [4.69, 9.17) is 0 Å². The molecule has 2 aromatic heterocycles. The maximum absolute atomic E-state index is 12.5. The summed E-state index contributed by atoms with van der Waals surface area (Å²) in [4.78, 5) is 45.2. The standard InChI is InChI=1S/C20H14N8O5/c29-20(13-7-16(27(30)31)9-17(8-13)28(32)33)25-15-3-1-14(2-4-15)24-18-10-19(23-11-22-18)26-6-5-21-12-26/h1-12H,(H,25,29)(H,22,23,24). The predicted molar refractivity (Wildman–Crippen MR) is 117 cm³/mol. The molecule has 0 bridgehead atoms. The lowest BCUT2D eigenvalue weighted by molar-refractivity contribution is -0.394. The van der Waals surface area contributed by atoms with Gasteiger partial charge in [0.1, 0.15) is 24.3 Å². The van der Waals surface area contributed by atoms with E-state index in [-0.39, 0.29) is 5.56 Å². The van der Waals surface area contributed by atoms with Crippen molar-refractivity contribution in [3.8, 4) is 5.82 Å². The van der Waals surface area contributed by atoms with Crippen LogP contribution in [-0.2, 0) is 0 Å². The van der Waals surface area contributed by atoms with Crippen LogP contribution >= 0.6 is 0 Å². The Kier molecular flexibility index (Phi) is 5.67. The van der Waals surface area contributed by atoms with Gasteiger partial charge in [-0.3, -0.25) is 29.6 Å². The largest absolute Gasteiger partial charge is 0.340 e. The molecule has 0 radical (unpaired) electrons. The van der Waals surface area contributed by atoms with Crippen LogP contribution in [0.4, 0.5) is 28.6 Å². The molecule has 2 aromatic carbocycles. The summed E-state index contributed by atoms with van der Waals surface area (Å²) >= 11 is 0. The summed E-state index contributed by atoms with van der Waals surface area (Å²) in [7, 11) is 0. The molecule has 13 heteroatoms. The Bertz CT molecular complexity index is 1310. The molecular weight excluding hydrogens is 432 g/mol. The highest BCUT2D eigenvalue weighted by molar-refractivity contribution is 6.05. The number of amides is 1. The quantitative estimate of drug-likeness (QED) is 0.318. The number of hydrogen-bond donors (Lipinski definition) is 2. The molecule has 0 unspecified atom stereocenters. The maximum atomic E-state index is 12.5. The number of non-ortho nitro benzene ring substituents is 2. The van der Waals surface area contributed by atoms with E-state index in [0.29, 0.717) is 23.0 Å². The first-order valence-corrected chi connectivity index (χ1v) is 9.32. The van der Waals surface area contributed by atoms with E-state index in [2.05, 4.69) is 25.6 Å². The highest BCUT2D eigenvalue weighted by Crippen LogP contribution is 2.24. The van der Waals surface area contributed by atoms with Gasteiger partial charge in [-0.15, -0.1) is 0 Å². The number of nitrogens with one attached hydrogen (secondary N) is 2. The van der Waals surface area contributed by atoms with Crippen LogP contribution in [0.2, 0.25) is 0 Å². The molecule has 0 fully saturated rings. The first kappa shape index (κ1) is 21.0. The third-order valence-corrected chi connectivity index (χ3v) is 4.42. The van der Waals surface area contributed by atoms with Crippen LogP contribution in [0.1, 0.15) is 10.4 Å². The molecule has 0 saturated carbocycles. The molecule has 0 aliphatic heterocycles. The van der Waals surface area contributed by atoms with Crippen molar-refractivity contribution in [2.45, 2.75) is 0 Å². The maximum Gasteiger partial charge on any atom is 0.277 e.